The third kappa shape index (κ3) is 4.53. The molecule has 0 saturated carbocycles. The van der Waals surface area contributed by atoms with E-state index in [1.54, 1.807) is 37.6 Å². The van der Waals surface area contributed by atoms with Crippen LogP contribution in [-0.4, -0.2) is 23.8 Å². The predicted molar refractivity (Wildman–Crippen MR) is 120 cm³/mol. The maximum absolute atomic E-state index is 13.7. The topological polar surface area (TPSA) is 68.3 Å². The Balaban J connectivity index is 1.58. The van der Waals surface area contributed by atoms with Gasteiger partial charge >= 0.3 is 0 Å². The van der Waals surface area contributed by atoms with Crippen molar-refractivity contribution < 1.29 is 18.7 Å². The van der Waals surface area contributed by atoms with Crippen LogP contribution in [0.25, 0.3) is 6.08 Å². The number of Topliss-reactive ketones (excluding diaryl/α,β-unsaturated/α-hetero) is 1. The Hall–Kier alpha value is -3.95. The summed E-state index contributed by atoms with van der Waals surface area (Å²) in [5, 5.41) is 2.65. The van der Waals surface area contributed by atoms with Crippen LogP contribution in [-0.2, 0) is 11.2 Å². The highest BCUT2D eigenvalue weighted by Gasteiger charge is 2.28. The zero-order valence-electron chi connectivity index (χ0n) is 16.9. The number of aromatic nitrogens is 1. The summed E-state index contributed by atoms with van der Waals surface area (Å²) in [6.07, 6.45) is 3.51. The summed E-state index contributed by atoms with van der Waals surface area (Å²) in [5.41, 5.74) is 2.56. The quantitative estimate of drug-likeness (QED) is 0.360. The van der Waals surface area contributed by atoms with Crippen molar-refractivity contribution in [1.29, 1.82) is 0 Å². The summed E-state index contributed by atoms with van der Waals surface area (Å²) in [4.78, 5) is 29.5. The van der Waals surface area contributed by atoms with Crippen LogP contribution >= 0.6 is 11.6 Å². The molecule has 2 aromatic carbocycles. The molecule has 158 valence electrons. The van der Waals surface area contributed by atoms with E-state index in [-0.39, 0.29) is 10.6 Å². The van der Waals surface area contributed by atoms with Crippen LogP contribution in [0, 0.1) is 17.7 Å². The Morgan fingerprint density at radius 1 is 1.16 bits per heavy atom. The molecule has 1 amide bonds. The van der Waals surface area contributed by atoms with Crippen molar-refractivity contribution >= 4 is 35.1 Å². The third-order valence-electron chi connectivity index (χ3n) is 4.79. The highest BCUT2D eigenvalue weighted by atomic mass is 35.5. The third-order valence-corrected chi connectivity index (χ3v) is 5.09. The number of rotatable bonds is 3. The molecule has 7 heteroatoms. The van der Waals surface area contributed by atoms with E-state index in [4.69, 9.17) is 16.3 Å². The van der Waals surface area contributed by atoms with Gasteiger partial charge in [0.05, 0.1) is 23.4 Å². The Morgan fingerprint density at radius 2 is 2.00 bits per heavy atom. The second-order valence-electron chi connectivity index (χ2n) is 6.96. The van der Waals surface area contributed by atoms with Crippen molar-refractivity contribution in [3.63, 3.8) is 0 Å². The molecule has 1 N–H and O–H groups in total. The van der Waals surface area contributed by atoms with E-state index < -0.39 is 17.5 Å². The highest BCUT2D eigenvalue weighted by molar-refractivity contribution is 6.36. The fraction of sp³-hybridized carbons (Fsp3) is 0.0800. The van der Waals surface area contributed by atoms with E-state index in [1.165, 1.54) is 24.3 Å². The van der Waals surface area contributed by atoms with Crippen molar-refractivity contribution in [2.75, 3.05) is 12.4 Å². The lowest BCUT2D eigenvalue weighted by Crippen LogP contribution is -2.27. The summed E-state index contributed by atoms with van der Waals surface area (Å²) < 4.78 is 18.8. The molecule has 1 aliphatic heterocycles. The molecule has 0 unspecified atom stereocenters. The fourth-order valence-corrected chi connectivity index (χ4v) is 3.26. The number of anilines is 1. The Labute approximate surface area is 188 Å². The fourth-order valence-electron chi connectivity index (χ4n) is 3.14. The number of nitrogens with zero attached hydrogens (tertiary/aromatic N) is 1. The molecular formula is C25H16ClFN2O3. The molecule has 2 heterocycles. The molecular weight excluding hydrogens is 431 g/mol. The average Bonchev–Trinajstić information content (AvgIpc) is 2.80. The molecule has 0 atom stereocenters. The first kappa shape index (κ1) is 21.3. The van der Waals surface area contributed by atoms with Crippen molar-refractivity contribution in [2.24, 2.45) is 0 Å². The van der Waals surface area contributed by atoms with Crippen LogP contribution in [0.2, 0.25) is 5.02 Å². The van der Waals surface area contributed by atoms with Gasteiger partial charge in [0.15, 0.2) is 0 Å². The minimum atomic E-state index is -0.630. The van der Waals surface area contributed by atoms with Crippen LogP contribution in [0.5, 0.6) is 5.88 Å². The highest BCUT2D eigenvalue weighted by Crippen LogP contribution is 2.28. The molecule has 1 aromatic heterocycles. The number of ether oxygens (including phenoxy) is 1. The first-order chi connectivity index (χ1) is 15.4. The normalized spacial score (nSPS) is 13.8. The average molecular weight is 447 g/mol. The molecule has 4 rings (SSSR count). The van der Waals surface area contributed by atoms with Gasteiger partial charge in [-0.15, -0.1) is 0 Å². The van der Waals surface area contributed by atoms with Gasteiger partial charge in [-0.2, -0.15) is 0 Å². The largest absolute Gasteiger partial charge is 0.481 e. The lowest BCUT2D eigenvalue weighted by molar-refractivity contribution is -0.112. The molecule has 0 saturated heterocycles. The molecule has 1 aliphatic rings. The Morgan fingerprint density at radius 3 is 2.72 bits per heavy atom. The predicted octanol–water partition coefficient (Wildman–Crippen LogP) is 4.70. The number of hydrogen-bond donors (Lipinski definition) is 1. The number of fused-ring (bicyclic) bond motifs is 1. The van der Waals surface area contributed by atoms with Crippen LogP contribution < -0.4 is 10.1 Å². The van der Waals surface area contributed by atoms with Crippen LogP contribution in [0.1, 0.15) is 27.0 Å². The number of pyridine rings is 1. The van der Waals surface area contributed by atoms with Crippen LogP contribution in [0.4, 0.5) is 10.1 Å². The van der Waals surface area contributed by atoms with Crippen molar-refractivity contribution in [2.45, 2.75) is 6.42 Å². The van der Waals surface area contributed by atoms with Crippen molar-refractivity contribution in [3.8, 4) is 17.7 Å². The van der Waals surface area contributed by atoms with E-state index in [0.29, 0.717) is 34.7 Å². The van der Waals surface area contributed by atoms with Gasteiger partial charge in [-0.3, -0.25) is 9.59 Å². The summed E-state index contributed by atoms with van der Waals surface area (Å²) >= 11 is 5.70. The van der Waals surface area contributed by atoms with Gasteiger partial charge in [0, 0.05) is 29.8 Å². The van der Waals surface area contributed by atoms with Crippen molar-refractivity contribution in [1.82, 2.24) is 4.98 Å². The van der Waals surface area contributed by atoms with Crippen molar-refractivity contribution in [3.05, 3.63) is 93.4 Å². The monoisotopic (exact) mass is 446 g/mol. The number of benzene rings is 2. The number of hydrogen-bond acceptors (Lipinski definition) is 4. The number of ketones is 1. The lowest BCUT2D eigenvalue weighted by atomic mass is 9.93. The van der Waals surface area contributed by atoms with Gasteiger partial charge in [0.25, 0.3) is 5.91 Å². The van der Waals surface area contributed by atoms with E-state index in [1.807, 2.05) is 6.07 Å². The number of carbonyl (C=O) groups excluding carboxylic acids is 2. The van der Waals surface area contributed by atoms with E-state index in [0.717, 1.165) is 5.56 Å². The van der Waals surface area contributed by atoms with Crippen LogP contribution in [0.15, 0.2) is 60.3 Å². The molecule has 0 radical (unpaired) electrons. The first-order valence-electron chi connectivity index (χ1n) is 9.59. The van der Waals surface area contributed by atoms with E-state index in [9.17, 15) is 14.0 Å². The molecule has 3 aromatic rings. The minimum absolute atomic E-state index is 0.0365. The van der Waals surface area contributed by atoms with Gasteiger partial charge in [0.2, 0.25) is 11.7 Å². The Kier molecular flexibility index (Phi) is 6.02. The number of amides is 1. The maximum Gasteiger partial charge on any atom is 0.259 e. The molecule has 0 bridgehead atoms. The molecule has 0 fully saturated rings. The zero-order valence-corrected chi connectivity index (χ0v) is 17.7. The summed E-state index contributed by atoms with van der Waals surface area (Å²) in [6.45, 7) is 0. The van der Waals surface area contributed by atoms with Gasteiger partial charge in [-0.25, -0.2) is 9.37 Å². The van der Waals surface area contributed by atoms with Gasteiger partial charge in [-0.05, 0) is 47.5 Å². The molecule has 5 nitrogen and oxygen atoms in total. The van der Waals surface area contributed by atoms with E-state index >= 15 is 0 Å². The summed E-state index contributed by atoms with van der Waals surface area (Å²) in [7, 11) is 1.55. The lowest BCUT2D eigenvalue weighted by Gasteiger charge is -2.18. The number of nitrogens with one attached hydrogen (secondary N) is 1. The van der Waals surface area contributed by atoms with Crippen LogP contribution in [0.3, 0.4) is 0 Å². The Bertz CT molecular complexity index is 1320. The SMILES string of the molecule is COc1ccc(CC#Cc2ccc3c(c2)C(=O)C(=Cc2ccc(Cl)c(F)c2)C(=O)N3)cn1. The smallest absolute Gasteiger partial charge is 0.259 e. The van der Waals surface area contributed by atoms with Gasteiger partial charge in [0.1, 0.15) is 5.82 Å². The molecule has 0 spiro atoms. The number of methoxy groups -OCH3 is 1. The number of carbonyl (C=O) groups is 2. The number of halogens is 2. The molecule has 0 aliphatic carbocycles. The zero-order chi connectivity index (χ0) is 22.7. The van der Waals surface area contributed by atoms with Gasteiger partial charge < -0.3 is 10.1 Å². The minimum Gasteiger partial charge on any atom is -0.481 e. The summed E-state index contributed by atoms with van der Waals surface area (Å²) in [5.74, 6) is 4.97. The second kappa shape index (κ2) is 9.04. The van der Waals surface area contributed by atoms with E-state index in [2.05, 4.69) is 22.1 Å². The summed E-state index contributed by atoms with van der Waals surface area (Å²) in [6, 6.07) is 12.7. The standard InChI is InChI=1S/C25H16ClFN2O3/c1-32-23-10-7-16(14-28-23)4-2-3-15-6-9-22-18(11-15)24(30)19(25(31)29-22)12-17-5-8-20(26)21(27)13-17/h5-14H,4H2,1H3,(H,29,31). The second-order valence-corrected chi connectivity index (χ2v) is 7.37. The molecule has 32 heavy (non-hydrogen) atoms. The maximum atomic E-state index is 13.7. The van der Waals surface area contributed by atoms with Gasteiger partial charge in [-0.1, -0.05) is 35.6 Å². The first-order valence-corrected chi connectivity index (χ1v) is 9.97.